The van der Waals surface area contributed by atoms with Gasteiger partial charge in [-0.1, -0.05) is 18.7 Å². The molecule has 9 heteroatoms. The number of methoxy groups -OCH3 is 1. The number of benzene rings is 1. The number of amides is 1. The number of likely N-dealkylation sites (N-methyl/N-ethyl adjacent to an activating group) is 1. The predicted molar refractivity (Wildman–Crippen MR) is 123 cm³/mol. The first-order valence-electron chi connectivity index (χ1n) is 9.97. The fraction of sp³-hybridized carbons (Fsp3) is 0.304. The molecule has 1 heterocycles. The maximum absolute atomic E-state index is 12.4. The molecule has 2 aromatic rings. The van der Waals surface area contributed by atoms with E-state index in [1.54, 1.807) is 42.7 Å². The van der Waals surface area contributed by atoms with Gasteiger partial charge in [0.05, 0.1) is 30.7 Å². The van der Waals surface area contributed by atoms with Gasteiger partial charge in [-0.25, -0.2) is 9.97 Å². The zero-order valence-corrected chi connectivity index (χ0v) is 18.5. The number of aryl methyl sites for hydroxylation is 1. The zero-order valence-electron chi connectivity index (χ0n) is 18.5. The van der Waals surface area contributed by atoms with Gasteiger partial charge in [-0.3, -0.25) is 4.79 Å². The number of carbonyl (C=O) groups is 1. The molecule has 0 aliphatic carbocycles. The Hall–Kier alpha value is -3.74. The molecule has 1 aromatic carbocycles. The summed E-state index contributed by atoms with van der Waals surface area (Å²) in [5.74, 6) is 0.0436. The number of anilines is 1. The first-order chi connectivity index (χ1) is 15.4. The second-order valence-electron chi connectivity index (χ2n) is 7.03. The van der Waals surface area contributed by atoms with E-state index < -0.39 is 6.04 Å². The van der Waals surface area contributed by atoms with Gasteiger partial charge in [0.2, 0.25) is 5.95 Å². The monoisotopic (exact) mass is 436 g/mol. The lowest BCUT2D eigenvalue weighted by Gasteiger charge is -2.15. The summed E-state index contributed by atoms with van der Waals surface area (Å²) >= 11 is 0. The third-order valence-electron chi connectivity index (χ3n) is 4.47. The molecule has 168 valence electrons. The Morgan fingerprint density at radius 2 is 2.12 bits per heavy atom. The molecule has 9 nitrogen and oxygen atoms in total. The number of carbonyl (C=O) groups excluding carboxylic acids is 1. The largest absolute Gasteiger partial charge is 0.395 e. The molecule has 0 radical (unpaired) electrons. The molecule has 0 saturated carbocycles. The summed E-state index contributed by atoms with van der Waals surface area (Å²) in [6.07, 6.45) is 5.16. The Bertz CT molecular complexity index is 998. The summed E-state index contributed by atoms with van der Waals surface area (Å²) in [6, 6.07) is 8.22. The molecule has 1 amide bonds. The highest BCUT2D eigenvalue weighted by Gasteiger charge is 2.14. The number of ether oxygens (including phenoxy) is 1. The number of allylic oxidation sites excluding steroid dienone is 1. The Balaban J connectivity index is 2.20. The number of nitrogens with zero attached hydrogens (tertiary/aromatic N) is 4. The molecule has 2 rings (SSSR count). The van der Waals surface area contributed by atoms with Crippen molar-refractivity contribution in [2.45, 2.75) is 13.0 Å². The van der Waals surface area contributed by atoms with Crippen molar-refractivity contribution >= 4 is 11.9 Å². The second kappa shape index (κ2) is 12.2. The van der Waals surface area contributed by atoms with E-state index in [0.717, 1.165) is 16.8 Å². The third-order valence-corrected chi connectivity index (χ3v) is 4.47. The molecule has 0 unspecified atom stereocenters. The normalized spacial score (nSPS) is 11.9. The molecular weight excluding hydrogens is 408 g/mol. The number of nitriles is 1. The van der Waals surface area contributed by atoms with Crippen molar-refractivity contribution in [2.24, 2.45) is 0 Å². The minimum Gasteiger partial charge on any atom is -0.395 e. The van der Waals surface area contributed by atoms with Crippen LogP contribution in [-0.4, -0.2) is 65.8 Å². The van der Waals surface area contributed by atoms with Gasteiger partial charge < -0.3 is 25.4 Å². The average molecular weight is 437 g/mol. The third kappa shape index (κ3) is 6.91. The van der Waals surface area contributed by atoms with E-state index in [1.165, 1.54) is 7.11 Å². The number of hydrogen-bond donors (Lipinski definition) is 3. The highest BCUT2D eigenvalue weighted by Crippen LogP contribution is 2.23. The van der Waals surface area contributed by atoms with E-state index in [2.05, 4.69) is 27.2 Å². The number of rotatable bonds is 11. The number of aliphatic hydroxyl groups excluding tert-OH is 1. The number of nitrogens with one attached hydrogen (secondary N) is 2. The minimum absolute atomic E-state index is 0.0418. The standard InChI is InChI=1S/C23H28N6O3/c1-5-19(14-29(3)10-11-30)27-23-25-13-16(2)21(28-23)17-6-8-18(9-7-17)22(31)26-20(12-24)15-32-4/h5-9,13-14,20,30H,1,10-11,15H2,2-4H3,(H,26,31)(H,25,27,28)/b19-14+/t20-/m1/s1. The molecule has 3 N–H and O–H groups in total. The summed E-state index contributed by atoms with van der Waals surface area (Å²) in [7, 11) is 3.31. The molecule has 0 spiro atoms. The zero-order chi connectivity index (χ0) is 23.5. The maximum atomic E-state index is 12.4. The van der Waals surface area contributed by atoms with Crippen LogP contribution in [0.4, 0.5) is 5.95 Å². The fourth-order valence-corrected chi connectivity index (χ4v) is 2.82. The lowest BCUT2D eigenvalue weighted by Crippen LogP contribution is -2.36. The number of aliphatic hydroxyl groups is 1. The van der Waals surface area contributed by atoms with Gasteiger partial charge in [-0.15, -0.1) is 0 Å². The first-order valence-corrected chi connectivity index (χ1v) is 9.97. The van der Waals surface area contributed by atoms with Crippen molar-refractivity contribution in [3.05, 3.63) is 66.1 Å². The number of aromatic nitrogens is 2. The van der Waals surface area contributed by atoms with Gasteiger partial charge in [-0.2, -0.15) is 5.26 Å². The van der Waals surface area contributed by atoms with Crippen molar-refractivity contribution in [2.75, 3.05) is 39.2 Å². The van der Waals surface area contributed by atoms with Crippen LogP contribution >= 0.6 is 0 Å². The summed E-state index contributed by atoms with van der Waals surface area (Å²) in [4.78, 5) is 23.1. The maximum Gasteiger partial charge on any atom is 0.252 e. The van der Waals surface area contributed by atoms with Crippen LogP contribution in [0.25, 0.3) is 11.3 Å². The number of hydrogen-bond acceptors (Lipinski definition) is 8. The molecule has 0 fully saturated rings. The van der Waals surface area contributed by atoms with Crippen LogP contribution in [0.15, 0.2) is 55.0 Å². The Morgan fingerprint density at radius 3 is 2.72 bits per heavy atom. The smallest absolute Gasteiger partial charge is 0.252 e. The van der Waals surface area contributed by atoms with Crippen LogP contribution in [0, 0.1) is 18.3 Å². The van der Waals surface area contributed by atoms with Crippen molar-refractivity contribution in [3.63, 3.8) is 0 Å². The SMILES string of the molecule is C=C/C(=C\N(C)CCO)Nc1ncc(C)c(-c2ccc(C(=O)N[C@H](C#N)COC)cc2)n1. The van der Waals surface area contributed by atoms with Gasteiger partial charge in [0.1, 0.15) is 6.04 Å². The lowest BCUT2D eigenvalue weighted by molar-refractivity contribution is 0.0918. The Kier molecular flexibility index (Phi) is 9.35. The van der Waals surface area contributed by atoms with E-state index in [1.807, 2.05) is 24.9 Å². The molecule has 0 saturated heterocycles. The van der Waals surface area contributed by atoms with Gasteiger partial charge in [0.15, 0.2) is 0 Å². The van der Waals surface area contributed by atoms with E-state index in [-0.39, 0.29) is 19.1 Å². The van der Waals surface area contributed by atoms with Gasteiger partial charge in [0, 0.05) is 44.2 Å². The molecule has 1 atom stereocenters. The van der Waals surface area contributed by atoms with Crippen LogP contribution in [0.1, 0.15) is 15.9 Å². The fourth-order valence-electron chi connectivity index (χ4n) is 2.82. The summed E-state index contributed by atoms with van der Waals surface area (Å²) in [6.45, 7) is 6.34. The predicted octanol–water partition coefficient (Wildman–Crippen LogP) is 2.08. The lowest BCUT2D eigenvalue weighted by atomic mass is 10.1. The quantitative estimate of drug-likeness (QED) is 0.458. The summed E-state index contributed by atoms with van der Waals surface area (Å²) in [5, 5.41) is 23.9. The van der Waals surface area contributed by atoms with Gasteiger partial charge >= 0.3 is 0 Å². The molecular formula is C23H28N6O3. The van der Waals surface area contributed by atoms with Gasteiger partial charge in [0.25, 0.3) is 5.91 Å². The van der Waals surface area contributed by atoms with Crippen LogP contribution in [0.5, 0.6) is 0 Å². The highest BCUT2D eigenvalue weighted by molar-refractivity contribution is 5.95. The van der Waals surface area contributed by atoms with E-state index in [9.17, 15) is 4.79 Å². The van der Waals surface area contributed by atoms with Gasteiger partial charge in [-0.05, 0) is 30.7 Å². The molecule has 32 heavy (non-hydrogen) atoms. The Labute approximate surface area is 188 Å². The topological polar surface area (TPSA) is 123 Å². The van der Waals surface area contributed by atoms with Crippen molar-refractivity contribution in [1.82, 2.24) is 20.2 Å². The molecule has 0 aliphatic heterocycles. The van der Waals surface area contributed by atoms with E-state index in [4.69, 9.17) is 15.1 Å². The minimum atomic E-state index is -0.714. The Morgan fingerprint density at radius 1 is 1.41 bits per heavy atom. The van der Waals surface area contributed by atoms with Crippen molar-refractivity contribution in [1.29, 1.82) is 5.26 Å². The molecule has 0 aliphatic rings. The average Bonchev–Trinajstić information content (AvgIpc) is 2.79. The van der Waals surface area contributed by atoms with Crippen LogP contribution in [0.3, 0.4) is 0 Å². The molecule has 0 bridgehead atoms. The first kappa shape index (κ1) is 24.5. The highest BCUT2D eigenvalue weighted by atomic mass is 16.5. The van der Waals surface area contributed by atoms with E-state index >= 15 is 0 Å². The van der Waals surface area contributed by atoms with Crippen LogP contribution < -0.4 is 10.6 Å². The van der Waals surface area contributed by atoms with Crippen molar-refractivity contribution < 1.29 is 14.6 Å². The second-order valence-corrected chi connectivity index (χ2v) is 7.03. The summed E-state index contributed by atoms with van der Waals surface area (Å²) in [5.41, 5.74) is 3.53. The van der Waals surface area contributed by atoms with Crippen LogP contribution in [-0.2, 0) is 4.74 Å². The molecule has 1 aromatic heterocycles. The van der Waals surface area contributed by atoms with Crippen LogP contribution in [0.2, 0.25) is 0 Å². The van der Waals surface area contributed by atoms with E-state index in [0.29, 0.717) is 23.8 Å². The van der Waals surface area contributed by atoms with Crippen molar-refractivity contribution in [3.8, 4) is 17.3 Å². The summed E-state index contributed by atoms with van der Waals surface area (Å²) < 4.78 is 4.92.